The van der Waals surface area contributed by atoms with Crippen LogP contribution in [0.15, 0.2) is 24.4 Å². The lowest BCUT2D eigenvalue weighted by Crippen LogP contribution is -2.40. The van der Waals surface area contributed by atoms with E-state index in [9.17, 15) is 18.0 Å². The third kappa shape index (κ3) is 2.51. The largest absolute Gasteiger partial charge is 0.349 e. The van der Waals surface area contributed by atoms with Crippen molar-refractivity contribution in [1.29, 1.82) is 0 Å². The smallest absolute Gasteiger partial charge is 0.254 e. The summed E-state index contributed by atoms with van der Waals surface area (Å²) in [7, 11) is 0. The van der Waals surface area contributed by atoms with Crippen molar-refractivity contribution in [2.75, 3.05) is 0 Å². The fourth-order valence-electron chi connectivity index (χ4n) is 2.46. The monoisotopic (exact) mass is 295 g/mol. The molecule has 21 heavy (non-hydrogen) atoms. The van der Waals surface area contributed by atoms with E-state index in [2.05, 4.69) is 10.4 Å². The van der Waals surface area contributed by atoms with Crippen molar-refractivity contribution in [3.63, 3.8) is 0 Å². The van der Waals surface area contributed by atoms with Gasteiger partial charge in [-0.3, -0.25) is 9.48 Å². The van der Waals surface area contributed by atoms with Gasteiger partial charge in [0.15, 0.2) is 17.5 Å². The molecule has 0 aliphatic carbocycles. The lowest BCUT2D eigenvalue weighted by atomic mass is 10.0. The van der Waals surface area contributed by atoms with Crippen LogP contribution < -0.4 is 5.32 Å². The first kappa shape index (κ1) is 13.7. The topological polar surface area (TPSA) is 46.9 Å². The maximum Gasteiger partial charge on any atom is 0.254 e. The number of carbonyl (C=O) groups is 1. The van der Waals surface area contributed by atoms with Gasteiger partial charge < -0.3 is 5.32 Å². The molecule has 1 aromatic carbocycles. The molecule has 3 rings (SSSR count). The molecule has 2 aromatic rings. The molecule has 0 spiro atoms. The van der Waals surface area contributed by atoms with Crippen LogP contribution in [0, 0.1) is 17.5 Å². The van der Waals surface area contributed by atoms with Crippen molar-refractivity contribution in [1.82, 2.24) is 15.1 Å². The number of nitrogens with zero attached hydrogens (tertiary/aromatic N) is 2. The predicted molar refractivity (Wildman–Crippen MR) is 68.1 cm³/mol. The normalized spacial score (nSPS) is 17.4. The van der Waals surface area contributed by atoms with Gasteiger partial charge in [-0.1, -0.05) is 0 Å². The Kier molecular flexibility index (Phi) is 3.40. The highest BCUT2D eigenvalue weighted by Gasteiger charge is 2.24. The van der Waals surface area contributed by atoms with E-state index < -0.39 is 28.9 Å². The van der Waals surface area contributed by atoms with Crippen molar-refractivity contribution >= 4 is 5.91 Å². The molecule has 1 atom stereocenters. The molecule has 0 saturated carbocycles. The van der Waals surface area contributed by atoms with E-state index in [1.165, 1.54) is 0 Å². The summed E-state index contributed by atoms with van der Waals surface area (Å²) >= 11 is 0. The van der Waals surface area contributed by atoms with Crippen LogP contribution in [0.25, 0.3) is 0 Å². The number of hydrogen-bond donors (Lipinski definition) is 1. The molecule has 0 fully saturated rings. The fourth-order valence-corrected chi connectivity index (χ4v) is 2.46. The van der Waals surface area contributed by atoms with Gasteiger partial charge in [-0.2, -0.15) is 5.10 Å². The van der Waals surface area contributed by atoms with Gasteiger partial charge in [0.25, 0.3) is 5.91 Å². The number of fused-ring (bicyclic) bond motifs is 1. The quantitative estimate of drug-likeness (QED) is 0.862. The van der Waals surface area contributed by atoms with E-state index in [-0.39, 0.29) is 6.04 Å². The van der Waals surface area contributed by atoms with Crippen LogP contribution in [-0.4, -0.2) is 21.7 Å². The van der Waals surface area contributed by atoms with E-state index >= 15 is 0 Å². The van der Waals surface area contributed by atoms with E-state index in [1.807, 2.05) is 10.7 Å². The Morgan fingerprint density at radius 3 is 2.86 bits per heavy atom. The minimum Gasteiger partial charge on any atom is -0.349 e. The Morgan fingerprint density at radius 1 is 1.24 bits per heavy atom. The maximum atomic E-state index is 13.6. The van der Waals surface area contributed by atoms with Crippen molar-refractivity contribution in [3.8, 4) is 0 Å². The van der Waals surface area contributed by atoms with Crippen LogP contribution in [0.1, 0.15) is 22.5 Å². The zero-order chi connectivity index (χ0) is 15.0. The van der Waals surface area contributed by atoms with Crippen LogP contribution in [-0.2, 0) is 13.0 Å². The molecule has 0 saturated heterocycles. The summed E-state index contributed by atoms with van der Waals surface area (Å²) in [6.45, 7) is 0.646. The highest BCUT2D eigenvalue weighted by atomic mass is 19.2. The Labute approximate surface area is 118 Å². The van der Waals surface area contributed by atoms with Gasteiger partial charge in [0, 0.05) is 30.9 Å². The Hall–Kier alpha value is -2.31. The van der Waals surface area contributed by atoms with Crippen LogP contribution in [0.2, 0.25) is 0 Å². The van der Waals surface area contributed by atoms with Crippen LogP contribution in [0.3, 0.4) is 0 Å². The minimum atomic E-state index is -1.63. The lowest BCUT2D eigenvalue weighted by molar-refractivity contribution is 0.0925. The third-order valence-corrected chi connectivity index (χ3v) is 3.56. The van der Waals surface area contributed by atoms with E-state index in [4.69, 9.17) is 0 Å². The van der Waals surface area contributed by atoms with Gasteiger partial charge in [-0.15, -0.1) is 0 Å². The summed E-state index contributed by atoms with van der Waals surface area (Å²) in [5.41, 5.74) is 0.477. The first-order valence-electron chi connectivity index (χ1n) is 6.51. The second-order valence-corrected chi connectivity index (χ2v) is 4.93. The van der Waals surface area contributed by atoms with Crippen LogP contribution in [0.5, 0.6) is 0 Å². The number of hydrogen-bond acceptors (Lipinski definition) is 2. The summed E-state index contributed by atoms with van der Waals surface area (Å²) in [6, 6.07) is 3.34. The zero-order valence-corrected chi connectivity index (χ0v) is 10.9. The summed E-state index contributed by atoms with van der Waals surface area (Å²) in [4.78, 5) is 12.0. The molecule has 0 radical (unpaired) electrons. The minimum absolute atomic E-state index is 0.186. The molecule has 7 heteroatoms. The Balaban J connectivity index is 1.74. The number of amides is 1. The first-order chi connectivity index (χ1) is 10.1. The number of rotatable bonds is 2. The molecule has 0 bridgehead atoms. The number of benzene rings is 1. The highest BCUT2D eigenvalue weighted by molar-refractivity contribution is 5.94. The average Bonchev–Trinajstić information content (AvgIpc) is 2.92. The molecule has 1 N–H and O–H groups in total. The second-order valence-electron chi connectivity index (χ2n) is 4.93. The molecule has 1 amide bonds. The SMILES string of the molecule is O=C(N[C@@H]1CCn2nccc2C1)c1ccc(F)c(F)c1F. The number of aryl methyl sites for hydroxylation is 1. The van der Waals surface area contributed by atoms with Gasteiger partial charge in [0.1, 0.15) is 0 Å². The number of nitrogens with one attached hydrogen (secondary N) is 1. The van der Waals surface area contributed by atoms with Gasteiger partial charge in [0.05, 0.1) is 5.56 Å². The number of halogens is 3. The summed E-state index contributed by atoms with van der Waals surface area (Å²) in [6.07, 6.45) is 2.89. The molecule has 1 aromatic heterocycles. The second kappa shape index (κ2) is 5.23. The molecule has 1 aliphatic heterocycles. The molecule has 4 nitrogen and oxygen atoms in total. The standard InChI is InChI=1S/C14H12F3N3O/c15-11-2-1-10(12(16)13(11)17)14(21)19-8-4-6-20-9(7-8)3-5-18-20/h1-3,5,8H,4,6-7H2,(H,19,21)/t8-/m1/s1. The van der Waals surface area contributed by atoms with Crippen molar-refractivity contribution in [3.05, 3.63) is 53.1 Å². The summed E-state index contributed by atoms with van der Waals surface area (Å²) in [5.74, 6) is -5.16. The summed E-state index contributed by atoms with van der Waals surface area (Å²) < 4.78 is 41.4. The first-order valence-corrected chi connectivity index (χ1v) is 6.51. The lowest BCUT2D eigenvalue weighted by Gasteiger charge is -2.24. The van der Waals surface area contributed by atoms with E-state index in [1.54, 1.807) is 6.20 Å². The van der Waals surface area contributed by atoms with Gasteiger partial charge in [-0.05, 0) is 24.6 Å². The molecular weight excluding hydrogens is 283 g/mol. The third-order valence-electron chi connectivity index (χ3n) is 3.56. The Bertz CT molecular complexity index is 699. The summed E-state index contributed by atoms with van der Waals surface area (Å²) in [5, 5.41) is 6.76. The van der Waals surface area contributed by atoms with Crippen molar-refractivity contribution < 1.29 is 18.0 Å². The molecule has 0 unspecified atom stereocenters. The van der Waals surface area contributed by atoms with Gasteiger partial charge in [-0.25, -0.2) is 13.2 Å². The van der Waals surface area contributed by atoms with Crippen molar-refractivity contribution in [2.45, 2.75) is 25.4 Å². The molecule has 110 valence electrons. The Morgan fingerprint density at radius 2 is 2.05 bits per heavy atom. The molecular formula is C14H12F3N3O. The van der Waals surface area contributed by atoms with E-state index in [0.29, 0.717) is 19.4 Å². The van der Waals surface area contributed by atoms with Gasteiger partial charge >= 0.3 is 0 Å². The fraction of sp³-hybridized carbons (Fsp3) is 0.286. The maximum absolute atomic E-state index is 13.6. The number of aromatic nitrogens is 2. The van der Waals surface area contributed by atoms with Crippen LogP contribution in [0.4, 0.5) is 13.2 Å². The van der Waals surface area contributed by atoms with Crippen molar-refractivity contribution in [2.24, 2.45) is 0 Å². The van der Waals surface area contributed by atoms with Crippen LogP contribution >= 0.6 is 0 Å². The van der Waals surface area contributed by atoms with Gasteiger partial charge in [0.2, 0.25) is 0 Å². The predicted octanol–water partition coefficient (Wildman–Crippen LogP) is 2.05. The number of carbonyl (C=O) groups excluding carboxylic acids is 1. The highest BCUT2D eigenvalue weighted by Crippen LogP contribution is 2.17. The zero-order valence-electron chi connectivity index (χ0n) is 10.9. The molecule has 2 heterocycles. The average molecular weight is 295 g/mol. The molecule has 1 aliphatic rings. The van der Waals surface area contributed by atoms with E-state index in [0.717, 1.165) is 17.8 Å².